The molecule has 0 unspecified atom stereocenters. The molecule has 23 heavy (non-hydrogen) atoms. The first kappa shape index (κ1) is 14.5. The third-order valence-electron chi connectivity index (χ3n) is 3.69. The second-order valence-electron chi connectivity index (χ2n) is 5.07. The van der Waals surface area contributed by atoms with Crippen LogP contribution in [-0.4, -0.2) is 20.9 Å². The number of hydrogen-bond donors (Lipinski definition) is 1. The predicted octanol–water partition coefficient (Wildman–Crippen LogP) is 4.24. The van der Waals surface area contributed by atoms with E-state index >= 15 is 0 Å². The number of carbonyl (C=O) groups is 1. The van der Waals surface area contributed by atoms with Crippen LogP contribution in [0.3, 0.4) is 0 Å². The number of fused-ring (bicyclic) bond motifs is 3. The molecule has 0 amide bonds. The van der Waals surface area contributed by atoms with Gasteiger partial charge in [-0.2, -0.15) is 5.10 Å². The molecule has 3 aromatic rings. The standard InChI is InChI=1S/C15H7BrF2N2O2S/c16-11-4-6-3-8-12(15(21)22)19-20(13(8)14(6)23-11)10-2-1-7(17)5-9(10)18/h1-2,4-5H,3H2,(H,21,22). The van der Waals surface area contributed by atoms with Crippen LogP contribution in [-0.2, 0) is 6.42 Å². The van der Waals surface area contributed by atoms with E-state index in [1.807, 2.05) is 6.07 Å². The second-order valence-corrected chi connectivity index (χ2v) is 7.50. The van der Waals surface area contributed by atoms with Crippen molar-refractivity contribution in [3.05, 3.63) is 56.5 Å². The molecule has 0 atom stereocenters. The van der Waals surface area contributed by atoms with Crippen LogP contribution in [0.2, 0.25) is 0 Å². The van der Waals surface area contributed by atoms with Crippen LogP contribution < -0.4 is 0 Å². The third kappa shape index (κ3) is 2.13. The highest BCUT2D eigenvalue weighted by Gasteiger charge is 2.33. The van der Waals surface area contributed by atoms with Gasteiger partial charge in [0, 0.05) is 18.1 Å². The van der Waals surface area contributed by atoms with Crippen LogP contribution in [0.4, 0.5) is 8.78 Å². The molecule has 1 N–H and O–H groups in total. The van der Waals surface area contributed by atoms with Crippen LogP contribution in [0, 0.1) is 11.6 Å². The first-order valence-electron chi connectivity index (χ1n) is 6.55. The molecule has 0 spiro atoms. The lowest BCUT2D eigenvalue weighted by molar-refractivity contribution is 0.0689. The molecular formula is C15H7BrF2N2O2S. The summed E-state index contributed by atoms with van der Waals surface area (Å²) in [7, 11) is 0. The van der Waals surface area contributed by atoms with Gasteiger partial charge in [-0.25, -0.2) is 18.3 Å². The van der Waals surface area contributed by atoms with Gasteiger partial charge in [0.2, 0.25) is 0 Å². The number of hydrogen-bond acceptors (Lipinski definition) is 3. The van der Waals surface area contributed by atoms with Crippen molar-refractivity contribution in [2.45, 2.75) is 6.42 Å². The zero-order valence-electron chi connectivity index (χ0n) is 11.3. The SMILES string of the molecule is O=C(O)c1nn(-c2ccc(F)cc2F)c2c1Cc1cc(Br)sc1-2. The van der Waals surface area contributed by atoms with E-state index in [1.54, 1.807) is 0 Å². The van der Waals surface area contributed by atoms with Crippen molar-refractivity contribution in [1.29, 1.82) is 0 Å². The van der Waals surface area contributed by atoms with Gasteiger partial charge < -0.3 is 5.11 Å². The zero-order valence-corrected chi connectivity index (χ0v) is 13.7. The molecule has 0 saturated carbocycles. The van der Waals surface area contributed by atoms with Crippen molar-refractivity contribution in [3.63, 3.8) is 0 Å². The lowest BCUT2D eigenvalue weighted by Gasteiger charge is -2.07. The summed E-state index contributed by atoms with van der Waals surface area (Å²) in [4.78, 5) is 12.3. The fraction of sp³-hybridized carbons (Fsp3) is 0.0667. The lowest BCUT2D eigenvalue weighted by atomic mass is 10.1. The maximum Gasteiger partial charge on any atom is 0.356 e. The highest BCUT2D eigenvalue weighted by molar-refractivity contribution is 9.11. The van der Waals surface area contributed by atoms with Crippen LogP contribution in [0.25, 0.3) is 16.3 Å². The van der Waals surface area contributed by atoms with Gasteiger partial charge in [-0.3, -0.25) is 0 Å². The summed E-state index contributed by atoms with van der Waals surface area (Å²) in [5.74, 6) is -2.67. The lowest BCUT2D eigenvalue weighted by Crippen LogP contribution is -2.05. The first-order chi connectivity index (χ1) is 11.0. The van der Waals surface area contributed by atoms with E-state index in [4.69, 9.17) is 0 Å². The largest absolute Gasteiger partial charge is 0.476 e. The van der Waals surface area contributed by atoms with Gasteiger partial charge in [0.05, 0.1) is 14.4 Å². The van der Waals surface area contributed by atoms with Gasteiger partial charge in [-0.1, -0.05) is 0 Å². The number of aromatic carboxylic acids is 1. The summed E-state index contributed by atoms with van der Waals surface area (Å²) >= 11 is 4.83. The average Bonchev–Trinajstić information content (AvgIpc) is 3.08. The number of rotatable bonds is 2. The molecule has 0 aliphatic heterocycles. The van der Waals surface area contributed by atoms with Crippen molar-refractivity contribution in [1.82, 2.24) is 9.78 Å². The Labute approximate surface area is 141 Å². The maximum absolute atomic E-state index is 14.1. The van der Waals surface area contributed by atoms with E-state index in [0.717, 1.165) is 26.4 Å². The molecule has 1 aliphatic rings. The zero-order chi connectivity index (χ0) is 16.3. The van der Waals surface area contributed by atoms with Gasteiger partial charge in [0.25, 0.3) is 0 Å². The summed E-state index contributed by atoms with van der Waals surface area (Å²) in [5.41, 5.74) is 1.98. The second kappa shape index (κ2) is 4.97. The fourth-order valence-corrected chi connectivity index (χ4v) is 4.49. The smallest absolute Gasteiger partial charge is 0.356 e. The fourth-order valence-electron chi connectivity index (χ4n) is 2.77. The third-order valence-corrected chi connectivity index (χ3v) is 5.37. The summed E-state index contributed by atoms with van der Waals surface area (Å²) in [6.07, 6.45) is 0.428. The normalized spacial score (nSPS) is 12.3. The van der Waals surface area contributed by atoms with E-state index in [9.17, 15) is 18.7 Å². The van der Waals surface area contributed by atoms with Crippen molar-refractivity contribution in [2.75, 3.05) is 0 Å². The average molecular weight is 397 g/mol. The van der Waals surface area contributed by atoms with Crippen LogP contribution in [0.5, 0.6) is 0 Å². The van der Waals surface area contributed by atoms with E-state index in [-0.39, 0.29) is 11.4 Å². The van der Waals surface area contributed by atoms with Crippen molar-refractivity contribution >= 4 is 33.2 Å². The molecule has 2 heterocycles. The molecule has 1 aliphatic carbocycles. The number of aromatic nitrogens is 2. The van der Waals surface area contributed by atoms with Crippen molar-refractivity contribution in [2.24, 2.45) is 0 Å². The molecule has 0 fully saturated rings. The van der Waals surface area contributed by atoms with Crippen molar-refractivity contribution in [3.8, 4) is 16.3 Å². The van der Waals surface area contributed by atoms with Crippen LogP contribution in [0.15, 0.2) is 28.1 Å². The Bertz CT molecular complexity index is 980. The van der Waals surface area contributed by atoms with E-state index in [2.05, 4.69) is 21.0 Å². The minimum absolute atomic E-state index is 0.0209. The Morgan fingerprint density at radius 1 is 1.35 bits per heavy atom. The summed E-state index contributed by atoms with van der Waals surface area (Å²) < 4.78 is 29.4. The first-order valence-corrected chi connectivity index (χ1v) is 8.16. The predicted molar refractivity (Wildman–Crippen MR) is 84.3 cm³/mol. The highest BCUT2D eigenvalue weighted by Crippen LogP contribution is 2.46. The number of benzene rings is 1. The van der Waals surface area contributed by atoms with Gasteiger partial charge in [0.1, 0.15) is 11.5 Å². The monoisotopic (exact) mass is 396 g/mol. The summed E-state index contributed by atoms with van der Waals surface area (Å²) in [5, 5.41) is 13.4. The Morgan fingerprint density at radius 3 is 2.83 bits per heavy atom. The van der Waals surface area contributed by atoms with Crippen LogP contribution >= 0.6 is 27.3 Å². The number of carboxylic acids is 1. The number of halogens is 3. The van der Waals surface area contributed by atoms with Gasteiger partial charge in [-0.15, -0.1) is 11.3 Å². The van der Waals surface area contributed by atoms with Gasteiger partial charge in [-0.05, 0) is 39.7 Å². The Kier molecular flexibility index (Phi) is 3.14. The number of carboxylic acid groups (broad SMARTS) is 1. The Balaban J connectivity index is 2.02. The summed E-state index contributed by atoms with van der Waals surface area (Å²) in [6.45, 7) is 0. The molecule has 0 radical (unpaired) electrons. The van der Waals surface area contributed by atoms with Gasteiger partial charge in [0.15, 0.2) is 11.5 Å². The quantitative estimate of drug-likeness (QED) is 0.551. The number of nitrogens with zero attached hydrogens (tertiary/aromatic N) is 2. The molecule has 0 bridgehead atoms. The number of thiophene rings is 1. The Morgan fingerprint density at radius 2 is 2.13 bits per heavy atom. The minimum Gasteiger partial charge on any atom is -0.476 e. The van der Waals surface area contributed by atoms with Crippen molar-refractivity contribution < 1.29 is 18.7 Å². The molecule has 1 aromatic carbocycles. The molecule has 2 aromatic heterocycles. The molecule has 8 heteroatoms. The van der Waals surface area contributed by atoms with E-state index in [1.165, 1.54) is 22.1 Å². The van der Waals surface area contributed by atoms with E-state index in [0.29, 0.717) is 17.7 Å². The highest BCUT2D eigenvalue weighted by atomic mass is 79.9. The molecule has 116 valence electrons. The maximum atomic E-state index is 14.1. The topological polar surface area (TPSA) is 55.1 Å². The molecule has 0 saturated heterocycles. The minimum atomic E-state index is -1.17. The Hall–Kier alpha value is -2.06. The van der Waals surface area contributed by atoms with Gasteiger partial charge >= 0.3 is 5.97 Å². The molecule has 4 nitrogen and oxygen atoms in total. The van der Waals surface area contributed by atoms with Crippen LogP contribution in [0.1, 0.15) is 21.6 Å². The van der Waals surface area contributed by atoms with E-state index < -0.39 is 17.6 Å². The molecular weight excluding hydrogens is 390 g/mol. The molecule has 4 rings (SSSR count). The summed E-state index contributed by atoms with van der Waals surface area (Å²) in [6, 6.07) is 5.04.